The molecule has 2 aliphatic rings. The Bertz CT molecular complexity index is 235. The minimum atomic E-state index is 0.688. The fraction of sp³-hybridized carbons (Fsp3) is 1.00. The van der Waals surface area contributed by atoms with Gasteiger partial charge < -0.3 is 18.9 Å². The van der Waals surface area contributed by atoms with Crippen LogP contribution in [0.15, 0.2) is 0 Å². The van der Waals surface area contributed by atoms with E-state index in [1.807, 2.05) is 0 Å². The van der Waals surface area contributed by atoms with Crippen LogP contribution in [0.3, 0.4) is 0 Å². The van der Waals surface area contributed by atoms with Crippen molar-refractivity contribution in [2.45, 2.75) is 19.3 Å². The summed E-state index contributed by atoms with van der Waals surface area (Å²) in [7, 11) is 0. The van der Waals surface area contributed by atoms with E-state index in [1.54, 1.807) is 0 Å². The maximum Gasteiger partial charge on any atom is 0.0701 e. The van der Waals surface area contributed by atoms with Crippen LogP contribution in [0.1, 0.15) is 19.3 Å². The van der Waals surface area contributed by atoms with Gasteiger partial charge in [0.1, 0.15) is 0 Å². The third-order valence-corrected chi connectivity index (χ3v) is 4.40. The van der Waals surface area contributed by atoms with Crippen molar-refractivity contribution in [1.82, 2.24) is 9.80 Å². The second-order valence-electron chi connectivity index (χ2n) is 6.19. The largest absolute Gasteiger partial charge is 0.378 e. The van der Waals surface area contributed by atoms with E-state index in [2.05, 4.69) is 9.80 Å². The molecule has 0 saturated carbocycles. The summed E-state index contributed by atoms with van der Waals surface area (Å²) in [5, 5.41) is 0. The molecule has 2 bridgehead atoms. The van der Waals surface area contributed by atoms with Gasteiger partial charge in [0.05, 0.1) is 52.9 Å². The molecule has 0 aliphatic carbocycles. The van der Waals surface area contributed by atoms with Crippen molar-refractivity contribution in [2.24, 2.45) is 0 Å². The molecule has 0 radical (unpaired) electrons. The highest BCUT2D eigenvalue weighted by Crippen LogP contribution is 2.03. The summed E-state index contributed by atoms with van der Waals surface area (Å²) in [6.45, 7) is 12.0. The standard InChI is InChI=1S/C17H34N2O4/c1-2-4-18-6-10-20-14-16-22-12-8-19(5-3-1)9-13-23-17-15-21-11-7-18/h1-17H2. The van der Waals surface area contributed by atoms with Gasteiger partial charge in [-0.2, -0.15) is 0 Å². The van der Waals surface area contributed by atoms with Gasteiger partial charge in [0.2, 0.25) is 0 Å². The van der Waals surface area contributed by atoms with E-state index in [1.165, 1.54) is 19.3 Å². The molecular weight excluding hydrogens is 296 g/mol. The summed E-state index contributed by atoms with van der Waals surface area (Å²) in [4.78, 5) is 4.91. The molecule has 0 aromatic rings. The molecule has 2 saturated heterocycles. The Morgan fingerprint density at radius 2 is 0.696 bits per heavy atom. The van der Waals surface area contributed by atoms with E-state index in [0.717, 1.165) is 65.7 Å². The van der Waals surface area contributed by atoms with Crippen molar-refractivity contribution in [3.05, 3.63) is 0 Å². The van der Waals surface area contributed by atoms with E-state index in [9.17, 15) is 0 Å². The van der Waals surface area contributed by atoms with Crippen molar-refractivity contribution >= 4 is 0 Å². The van der Waals surface area contributed by atoms with Crippen LogP contribution in [0.25, 0.3) is 0 Å². The van der Waals surface area contributed by atoms with Crippen molar-refractivity contribution in [3.63, 3.8) is 0 Å². The number of fused-ring (bicyclic) bond motifs is 6. The smallest absolute Gasteiger partial charge is 0.0701 e. The van der Waals surface area contributed by atoms with E-state index in [0.29, 0.717) is 26.4 Å². The Balaban J connectivity index is 1.87. The summed E-state index contributed by atoms with van der Waals surface area (Å²) in [5.41, 5.74) is 0. The maximum absolute atomic E-state index is 5.69. The van der Waals surface area contributed by atoms with E-state index >= 15 is 0 Å². The predicted molar refractivity (Wildman–Crippen MR) is 90.0 cm³/mol. The van der Waals surface area contributed by atoms with Crippen molar-refractivity contribution in [1.29, 1.82) is 0 Å². The van der Waals surface area contributed by atoms with Crippen molar-refractivity contribution in [3.8, 4) is 0 Å². The van der Waals surface area contributed by atoms with Gasteiger partial charge >= 0.3 is 0 Å². The van der Waals surface area contributed by atoms with Gasteiger partial charge in [0.25, 0.3) is 0 Å². The lowest BCUT2D eigenvalue weighted by molar-refractivity contribution is 0.00927. The second-order valence-corrected chi connectivity index (χ2v) is 6.19. The molecule has 0 aromatic heterocycles. The topological polar surface area (TPSA) is 43.4 Å². The Morgan fingerprint density at radius 1 is 0.348 bits per heavy atom. The molecule has 23 heavy (non-hydrogen) atoms. The number of ether oxygens (including phenoxy) is 4. The molecule has 0 N–H and O–H groups in total. The third-order valence-electron chi connectivity index (χ3n) is 4.40. The van der Waals surface area contributed by atoms with Crippen LogP contribution < -0.4 is 0 Å². The molecule has 2 fully saturated rings. The lowest BCUT2D eigenvalue weighted by Gasteiger charge is -2.22. The van der Waals surface area contributed by atoms with Crippen LogP contribution in [0, 0.1) is 0 Å². The molecular formula is C17H34N2O4. The minimum absolute atomic E-state index is 0.688. The molecule has 6 nitrogen and oxygen atoms in total. The average molecular weight is 330 g/mol. The lowest BCUT2D eigenvalue weighted by atomic mass is 10.2. The van der Waals surface area contributed by atoms with Crippen LogP contribution in [-0.2, 0) is 18.9 Å². The fourth-order valence-corrected chi connectivity index (χ4v) is 2.94. The zero-order valence-electron chi connectivity index (χ0n) is 14.5. The summed E-state index contributed by atoms with van der Waals surface area (Å²) >= 11 is 0. The zero-order valence-corrected chi connectivity index (χ0v) is 14.5. The van der Waals surface area contributed by atoms with Crippen molar-refractivity contribution in [2.75, 3.05) is 92.1 Å². The first kappa shape index (κ1) is 19.1. The highest BCUT2D eigenvalue weighted by Gasteiger charge is 2.09. The quantitative estimate of drug-likeness (QED) is 0.656. The van der Waals surface area contributed by atoms with Gasteiger partial charge in [-0.3, -0.25) is 9.80 Å². The van der Waals surface area contributed by atoms with Crippen LogP contribution in [-0.4, -0.2) is 102 Å². The van der Waals surface area contributed by atoms with Crippen LogP contribution in [0.2, 0.25) is 0 Å². The normalized spacial score (nSPS) is 31.3. The van der Waals surface area contributed by atoms with Gasteiger partial charge in [-0.1, -0.05) is 6.42 Å². The Kier molecular flexibility index (Phi) is 10.9. The Morgan fingerprint density at radius 3 is 1.04 bits per heavy atom. The highest BCUT2D eigenvalue weighted by molar-refractivity contribution is 4.62. The summed E-state index contributed by atoms with van der Waals surface area (Å²) in [6.07, 6.45) is 3.78. The molecule has 0 spiro atoms. The first-order chi connectivity index (χ1) is 11.4. The number of hydrogen-bond donors (Lipinski definition) is 0. The molecule has 2 rings (SSSR count). The van der Waals surface area contributed by atoms with Crippen molar-refractivity contribution < 1.29 is 18.9 Å². The van der Waals surface area contributed by atoms with E-state index in [-0.39, 0.29) is 0 Å². The first-order valence-electron chi connectivity index (χ1n) is 9.21. The molecule has 136 valence electrons. The number of nitrogens with zero attached hydrogens (tertiary/aromatic N) is 2. The van der Waals surface area contributed by atoms with Gasteiger partial charge in [-0.05, 0) is 25.9 Å². The maximum atomic E-state index is 5.69. The summed E-state index contributed by atoms with van der Waals surface area (Å²) in [6, 6.07) is 0. The van der Waals surface area contributed by atoms with E-state index < -0.39 is 0 Å². The minimum Gasteiger partial charge on any atom is -0.378 e. The van der Waals surface area contributed by atoms with Crippen LogP contribution in [0.5, 0.6) is 0 Å². The SMILES string of the molecule is C1CCN2CCOCCOCCN(CC1)CCOCCOCC2. The molecule has 2 heterocycles. The summed E-state index contributed by atoms with van der Waals surface area (Å²) < 4.78 is 22.8. The van der Waals surface area contributed by atoms with Gasteiger partial charge in [-0.15, -0.1) is 0 Å². The molecule has 2 aliphatic heterocycles. The van der Waals surface area contributed by atoms with Gasteiger partial charge in [-0.25, -0.2) is 0 Å². The fourth-order valence-electron chi connectivity index (χ4n) is 2.94. The predicted octanol–water partition coefficient (Wildman–Crippen LogP) is 0.854. The number of hydrogen-bond acceptors (Lipinski definition) is 6. The highest BCUT2D eigenvalue weighted by atomic mass is 16.5. The monoisotopic (exact) mass is 330 g/mol. The first-order valence-corrected chi connectivity index (χ1v) is 9.21. The lowest BCUT2D eigenvalue weighted by Crippen LogP contribution is -2.32. The van der Waals surface area contributed by atoms with Gasteiger partial charge in [0.15, 0.2) is 0 Å². The molecule has 0 amide bonds. The molecule has 0 aromatic carbocycles. The van der Waals surface area contributed by atoms with Crippen LogP contribution >= 0.6 is 0 Å². The Labute approximate surface area is 141 Å². The number of rotatable bonds is 0. The van der Waals surface area contributed by atoms with E-state index in [4.69, 9.17) is 18.9 Å². The van der Waals surface area contributed by atoms with Gasteiger partial charge in [0, 0.05) is 26.2 Å². The average Bonchev–Trinajstić information content (AvgIpc) is 2.57. The molecule has 0 unspecified atom stereocenters. The summed E-state index contributed by atoms with van der Waals surface area (Å²) in [5.74, 6) is 0. The third kappa shape index (κ3) is 9.59. The molecule has 0 atom stereocenters. The molecule has 6 heteroatoms. The van der Waals surface area contributed by atoms with Crippen LogP contribution in [0.4, 0.5) is 0 Å². The Hall–Kier alpha value is -0.240. The second kappa shape index (κ2) is 13.1. The zero-order chi connectivity index (χ0) is 16.0.